The largest absolute Gasteiger partial charge is 0.381 e. The minimum atomic E-state index is -0.819. The van der Waals surface area contributed by atoms with Crippen LogP contribution in [0.1, 0.15) is 6.42 Å². The molecule has 0 aromatic rings. The first-order chi connectivity index (χ1) is 6.68. The molecule has 1 aliphatic heterocycles. The lowest BCUT2D eigenvalue weighted by Gasteiger charge is -2.08. The van der Waals surface area contributed by atoms with Crippen molar-refractivity contribution in [3.05, 3.63) is 0 Å². The van der Waals surface area contributed by atoms with E-state index in [9.17, 15) is 9.59 Å². The van der Waals surface area contributed by atoms with E-state index in [1.54, 1.807) is 0 Å². The van der Waals surface area contributed by atoms with E-state index in [-0.39, 0.29) is 6.54 Å². The smallest absolute Gasteiger partial charge is 0.318 e. The van der Waals surface area contributed by atoms with Crippen molar-refractivity contribution in [2.24, 2.45) is 11.7 Å². The number of hydrogen-bond donors (Lipinski definition) is 3. The topological polar surface area (TPSA) is 93.5 Å². The third kappa shape index (κ3) is 4.20. The van der Waals surface area contributed by atoms with Gasteiger partial charge < -0.3 is 15.8 Å². The Kier molecular flexibility index (Phi) is 4.34. The summed E-state index contributed by atoms with van der Waals surface area (Å²) in [5, 5.41) is 4.91. The molecule has 0 aromatic heterocycles. The summed E-state index contributed by atoms with van der Waals surface area (Å²) in [4.78, 5) is 21.2. The van der Waals surface area contributed by atoms with Gasteiger partial charge in [0.2, 0.25) is 5.91 Å². The van der Waals surface area contributed by atoms with Gasteiger partial charge in [-0.05, 0) is 12.3 Å². The number of amides is 3. The summed E-state index contributed by atoms with van der Waals surface area (Å²) in [6.07, 6.45) is 1.02. The Labute approximate surface area is 82.2 Å². The SMILES string of the molecule is NC(=O)NC(=O)CNCC1CCOC1. The van der Waals surface area contributed by atoms with E-state index in [0.29, 0.717) is 5.92 Å². The van der Waals surface area contributed by atoms with Crippen LogP contribution in [-0.4, -0.2) is 38.2 Å². The van der Waals surface area contributed by atoms with Gasteiger partial charge >= 0.3 is 6.03 Å². The summed E-state index contributed by atoms with van der Waals surface area (Å²) in [6, 6.07) is -0.819. The molecule has 4 N–H and O–H groups in total. The van der Waals surface area contributed by atoms with Crippen LogP contribution in [0.15, 0.2) is 0 Å². The molecule has 1 heterocycles. The molecule has 1 saturated heterocycles. The first kappa shape index (κ1) is 10.9. The van der Waals surface area contributed by atoms with Crippen LogP contribution in [0.3, 0.4) is 0 Å². The molecule has 0 aliphatic carbocycles. The molecule has 1 aliphatic rings. The lowest BCUT2D eigenvalue weighted by Crippen LogP contribution is -2.41. The molecule has 80 valence electrons. The van der Waals surface area contributed by atoms with Crippen LogP contribution < -0.4 is 16.4 Å². The Morgan fingerprint density at radius 1 is 1.50 bits per heavy atom. The second-order valence-electron chi connectivity index (χ2n) is 3.27. The van der Waals surface area contributed by atoms with Crippen molar-refractivity contribution in [3.63, 3.8) is 0 Å². The summed E-state index contributed by atoms with van der Waals surface area (Å²) in [5.41, 5.74) is 4.77. The molecule has 0 spiro atoms. The monoisotopic (exact) mass is 201 g/mol. The van der Waals surface area contributed by atoms with Crippen molar-refractivity contribution < 1.29 is 14.3 Å². The minimum absolute atomic E-state index is 0.111. The molecule has 3 amide bonds. The van der Waals surface area contributed by atoms with Crippen LogP contribution in [-0.2, 0) is 9.53 Å². The third-order valence-corrected chi connectivity index (χ3v) is 2.01. The highest BCUT2D eigenvalue weighted by atomic mass is 16.5. The van der Waals surface area contributed by atoms with Gasteiger partial charge in [-0.25, -0.2) is 4.79 Å². The number of nitrogens with one attached hydrogen (secondary N) is 2. The van der Waals surface area contributed by atoms with Gasteiger partial charge in [0.1, 0.15) is 0 Å². The number of hydrogen-bond acceptors (Lipinski definition) is 4. The van der Waals surface area contributed by atoms with Gasteiger partial charge in [-0.1, -0.05) is 0 Å². The zero-order chi connectivity index (χ0) is 10.4. The molecule has 0 saturated carbocycles. The summed E-state index contributed by atoms with van der Waals surface area (Å²) >= 11 is 0. The van der Waals surface area contributed by atoms with E-state index in [1.165, 1.54) is 0 Å². The van der Waals surface area contributed by atoms with Crippen molar-refractivity contribution in [2.45, 2.75) is 6.42 Å². The minimum Gasteiger partial charge on any atom is -0.381 e. The quantitative estimate of drug-likeness (QED) is 0.533. The highest BCUT2D eigenvalue weighted by Crippen LogP contribution is 2.10. The number of imide groups is 1. The van der Waals surface area contributed by atoms with Crippen LogP contribution >= 0.6 is 0 Å². The molecule has 0 aromatic carbocycles. The average molecular weight is 201 g/mol. The fourth-order valence-corrected chi connectivity index (χ4v) is 1.32. The molecule has 14 heavy (non-hydrogen) atoms. The maximum Gasteiger partial charge on any atom is 0.318 e. The summed E-state index contributed by atoms with van der Waals surface area (Å²) in [6.45, 7) is 2.37. The summed E-state index contributed by atoms with van der Waals surface area (Å²) in [5.74, 6) is 0.0628. The van der Waals surface area contributed by atoms with Gasteiger partial charge in [0.15, 0.2) is 0 Å². The molecular weight excluding hydrogens is 186 g/mol. The van der Waals surface area contributed by atoms with Crippen LogP contribution in [0, 0.1) is 5.92 Å². The number of primary amides is 1. The number of carbonyl (C=O) groups excluding carboxylic acids is 2. The number of ether oxygens (including phenoxy) is 1. The van der Waals surface area contributed by atoms with Gasteiger partial charge in [0, 0.05) is 13.2 Å². The summed E-state index contributed by atoms with van der Waals surface area (Å²) in [7, 11) is 0. The van der Waals surface area contributed by atoms with Gasteiger partial charge in [0.25, 0.3) is 0 Å². The molecule has 0 radical (unpaired) electrons. The van der Waals surface area contributed by atoms with E-state index in [2.05, 4.69) is 5.32 Å². The van der Waals surface area contributed by atoms with Crippen LogP contribution in [0.25, 0.3) is 0 Å². The van der Waals surface area contributed by atoms with E-state index < -0.39 is 11.9 Å². The standard InChI is InChI=1S/C8H15N3O3/c9-8(13)11-7(12)4-10-3-6-1-2-14-5-6/h6,10H,1-5H2,(H3,9,11,12,13). The molecule has 1 fully saturated rings. The number of carbonyl (C=O) groups is 2. The molecule has 6 nitrogen and oxygen atoms in total. The Bertz CT molecular complexity index is 214. The second kappa shape index (κ2) is 5.56. The van der Waals surface area contributed by atoms with Crippen LogP contribution in [0.2, 0.25) is 0 Å². The molecule has 1 atom stereocenters. The van der Waals surface area contributed by atoms with Crippen molar-refractivity contribution in [1.82, 2.24) is 10.6 Å². The van der Waals surface area contributed by atoms with Gasteiger partial charge in [0.05, 0.1) is 13.2 Å². The molecular formula is C8H15N3O3. The highest BCUT2D eigenvalue weighted by molar-refractivity contribution is 5.94. The fourth-order valence-electron chi connectivity index (χ4n) is 1.32. The zero-order valence-electron chi connectivity index (χ0n) is 7.91. The Morgan fingerprint density at radius 2 is 2.29 bits per heavy atom. The molecule has 0 bridgehead atoms. The first-order valence-electron chi connectivity index (χ1n) is 4.56. The van der Waals surface area contributed by atoms with E-state index in [1.807, 2.05) is 5.32 Å². The fraction of sp³-hybridized carbons (Fsp3) is 0.750. The number of urea groups is 1. The molecule has 1 rings (SSSR count). The zero-order valence-corrected chi connectivity index (χ0v) is 7.91. The van der Waals surface area contributed by atoms with E-state index >= 15 is 0 Å². The van der Waals surface area contributed by atoms with Gasteiger partial charge in [-0.3, -0.25) is 10.1 Å². The second-order valence-corrected chi connectivity index (χ2v) is 3.27. The Balaban J connectivity index is 2.02. The van der Waals surface area contributed by atoms with E-state index in [0.717, 1.165) is 26.2 Å². The summed E-state index contributed by atoms with van der Waals surface area (Å²) < 4.78 is 5.16. The first-order valence-corrected chi connectivity index (χ1v) is 4.56. The van der Waals surface area contributed by atoms with Gasteiger partial charge in [-0.2, -0.15) is 0 Å². The highest BCUT2D eigenvalue weighted by Gasteiger charge is 2.15. The maximum absolute atomic E-state index is 10.9. The lowest BCUT2D eigenvalue weighted by atomic mass is 10.1. The van der Waals surface area contributed by atoms with Gasteiger partial charge in [-0.15, -0.1) is 0 Å². The predicted octanol–water partition coefficient (Wildman–Crippen LogP) is -1.19. The van der Waals surface area contributed by atoms with Crippen LogP contribution in [0.5, 0.6) is 0 Å². The average Bonchev–Trinajstić information content (AvgIpc) is 2.55. The van der Waals surface area contributed by atoms with Crippen molar-refractivity contribution in [1.29, 1.82) is 0 Å². The number of rotatable bonds is 4. The van der Waals surface area contributed by atoms with Crippen molar-refractivity contribution in [3.8, 4) is 0 Å². The predicted molar refractivity (Wildman–Crippen MR) is 49.5 cm³/mol. The van der Waals surface area contributed by atoms with E-state index in [4.69, 9.17) is 10.5 Å². The Hall–Kier alpha value is -1.14. The molecule has 1 unspecified atom stereocenters. The van der Waals surface area contributed by atoms with Crippen molar-refractivity contribution >= 4 is 11.9 Å². The molecule has 6 heteroatoms. The third-order valence-electron chi connectivity index (χ3n) is 2.01. The maximum atomic E-state index is 10.9. The lowest BCUT2D eigenvalue weighted by molar-refractivity contribution is -0.119. The Morgan fingerprint density at radius 3 is 2.86 bits per heavy atom. The number of nitrogens with two attached hydrogens (primary N) is 1. The normalized spacial score (nSPS) is 20.7. The van der Waals surface area contributed by atoms with Crippen LogP contribution in [0.4, 0.5) is 4.79 Å². The van der Waals surface area contributed by atoms with Crippen molar-refractivity contribution in [2.75, 3.05) is 26.3 Å².